The third-order valence-electron chi connectivity index (χ3n) is 2.22. The Labute approximate surface area is 99.1 Å². The molecule has 0 saturated carbocycles. The van der Waals surface area contributed by atoms with Crippen molar-refractivity contribution in [3.05, 3.63) is 29.3 Å². The number of anilines is 1. The zero-order valence-electron chi connectivity index (χ0n) is 11.2. The molecule has 0 fully saturated rings. The number of rotatable bonds is 2. The van der Waals surface area contributed by atoms with Crippen molar-refractivity contribution in [3.8, 4) is 0 Å². The van der Waals surface area contributed by atoms with E-state index in [4.69, 9.17) is 0 Å². The summed E-state index contributed by atoms with van der Waals surface area (Å²) in [5.74, 6) is 0.465. The van der Waals surface area contributed by atoms with Crippen molar-refractivity contribution < 1.29 is 4.79 Å². The Morgan fingerprint density at radius 2 is 1.81 bits per heavy atom. The molecule has 2 heteroatoms. The normalized spacial score (nSPS) is 9.44. The van der Waals surface area contributed by atoms with Gasteiger partial charge < -0.3 is 5.32 Å². The summed E-state index contributed by atoms with van der Waals surface area (Å²) in [5.41, 5.74) is 3.44. The van der Waals surface area contributed by atoms with Crippen LogP contribution in [0.3, 0.4) is 0 Å². The van der Waals surface area contributed by atoms with Gasteiger partial charge in [-0.3, -0.25) is 4.79 Å². The molecule has 1 amide bonds. The maximum atomic E-state index is 10.9. The quantitative estimate of drug-likeness (QED) is 0.800. The Hall–Kier alpha value is -1.31. The molecule has 1 N–H and O–H groups in total. The minimum atomic E-state index is -0.0245. The van der Waals surface area contributed by atoms with Crippen LogP contribution in [0.5, 0.6) is 0 Å². The van der Waals surface area contributed by atoms with Crippen LogP contribution in [0.4, 0.5) is 5.69 Å². The molecule has 16 heavy (non-hydrogen) atoms. The van der Waals surface area contributed by atoms with E-state index in [1.54, 1.807) is 0 Å². The number of aryl methyl sites for hydroxylation is 1. The number of carbonyl (C=O) groups is 1. The monoisotopic (exact) mass is 221 g/mol. The average Bonchev–Trinajstić information content (AvgIpc) is 2.23. The molecule has 1 rings (SSSR count). The molecule has 0 aliphatic carbocycles. The van der Waals surface area contributed by atoms with E-state index < -0.39 is 0 Å². The number of benzene rings is 1. The summed E-state index contributed by atoms with van der Waals surface area (Å²) in [5, 5.41) is 2.79. The van der Waals surface area contributed by atoms with Gasteiger partial charge in [-0.15, -0.1) is 0 Å². The molecule has 2 nitrogen and oxygen atoms in total. The van der Waals surface area contributed by atoms with E-state index in [9.17, 15) is 4.79 Å². The smallest absolute Gasteiger partial charge is 0.221 e. The first-order valence-electron chi connectivity index (χ1n) is 5.89. The van der Waals surface area contributed by atoms with Gasteiger partial charge in [0.15, 0.2) is 0 Å². The van der Waals surface area contributed by atoms with Crippen LogP contribution >= 0.6 is 0 Å². The van der Waals surface area contributed by atoms with Crippen LogP contribution in [0.15, 0.2) is 18.2 Å². The van der Waals surface area contributed by atoms with Gasteiger partial charge in [0, 0.05) is 12.6 Å². The van der Waals surface area contributed by atoms with Crippen LogP contribution < -0.4 is 5.32 Å². The first-order chi connectivity index (χ1) is 7.50. The zero-order valence-corrected chi connectivity index (χ0v) is 11.2. The molecule has 0 aromatic heterocycles. The van der Waals surface area contributed by atoms with Crippen molar-refractivity contribution in [1.82, 2.24) is 0 Å². The van der Waals surface area contributed by atoms with Crippen molar-refractivity contribution in [2.24, 2.45) is 0 Å². The summed E-state index contributed by atoms with van der Waals surface area (Å²) in [4.78, 5) is 10.9. The predicted molar refractivity (Wildman–Crippen MR) is 70.9 cm³/mol. The van der Waals surface area contributed by atoms with E-state index in [2.05, 4.69) is 26.1 Å². The largest absolute Gasteiger partial charge is 0.326 e. The number of amides is 1. The molecule has 90 valence electrons. The Balaban J connectivity index is 0.00000106. The van der Waals surface area contributed by atoms with E-state index in [-0.39, 0.29) is 5.91 Å². The lowest BCUT2D eigenvalue weighted by atomic mass is 9.97. The summed E-state index contributed by atoms with van der Waals surface area (Å²) in [6.07, 6.45) is 0. The fraction of sp³-hybridized carbons (Fsp3) is 0.500. The van der Waals surface area contributed by atoms with E-state index in [0.717, 1.165) is 5.69 Å². The first kappa shape index (κ1) is 14.7. The molecular weight excluding hydrogens is 198 g/mol. The molecule has 1 aromatic carbocycles. The molecule has 0 bridgehead atoms. The molecule has 0 radical (unpaired) electrons. The van der Waals surface area contributed by atoms with E-state index in [1.165, 1.54) is 18.1 Å². The number of hydrogen-bond acceptors (Lipinski definition) is 1. The Morgan fingerprint density at radius 3 is 2.25 bits per heavy atom. The van der Waals surface area contributed by atoms with Crippen LogP contribution in [0, 0.1) is 6.92 Å². The summed E-state index contributed by atoms with van der Waals surface area (Å²) >= 11 is 0. The Morgan fingerprint density at radius 1 is 1.25 bits per heavy atom. The average molecular weight is 221 g/mol. The minimum absolute atomic E-state index is 0.0245. The van der Waals surface area contributed by atoms with Crippen LogP contribution in [0.25, 0.3) is 0 Å². The molecule has 0 unspecified atom stereocenters. The molecular formula is C14H23NO. The fourth-order valence-electron chi connectivity index (χ4n) is 1.54. The second-order valence-corrected chi connectivity index (χ2v) is 3.91. The molecule has 0 atom stereocenters. The lowest BCUT2D eigenvalue weighted by Gasteiger charge is -2.11. The first-order valence-corrected chi connectivity index (χ1v) is 5.89. The topological polar surface area (TPSA) is 29.1 Å². The second kappa shape index (κ2) is 7.04. The lowest BCUT2D eigenvalue weighted by Crippen LogP contribution is -2.06. The molecule has 0 aliphatic rings. The Bertz CT molecular complexity index is 343. The minimum Gasteiger partial charge on any atom is -0.326 e. The van der Waals surface area contributed by atoms with Crippen molar-refractivity contribution in [1.29, 1.82) is 0 Å². The fourth-order valence-corrected chi connectivity index (χ4v) is 1.54. The third-order valence-corrected chi connectivity index (χ3v) is 2.22. The Kier molecular flexibility index (Phi) is 6.47. The van der Waals surface area contributed by atoms with Gasteiger partial charge in [0.2, 0.25) is 5.91 Å². The van der Waals surface area contributed by atoms with Crippen LogP contribution in [0.2, 0.25) is 0 Å². The van der Waals surface area contributed by atoms with Gasteiger partial charge in [-0.25, -0.2) is 0 Å². The van der Waals surface area contributed by atoms with Gasteiger partial charge in [-0.2, -0.15) is 0 Å². The summed E-state index contributed by atoms with van der Waals surface area (Å²) < 4.78 is 0. The molecule has 0 saturated heterocycles. The molecule has 0 spiro atoms. The molecule has 0 heterocycles. The highest BCUT2D eigenvalue weighted by molar-refractivity contribution is 5.88. The molecule has 0 aliphatic heterocycles. The van der Waals surface area contributed by atoms with Crippen molar-refractivity contribution in [2.45, 2.75) is 47.5 Å². The lowest BCUT2D eigenvalue weighted by molar-refractivity contribution is -0.114. The number of nitrogens with one attached hydrogen (secondary N) is 1. The predicted octanol–water partition coefficient (Wildman–Crippen LogP) is 4.10. The SMILES string of the molecule is CC.CC(=O)Nc1ccc(C)c(C(C)C)c1. The van der Waals surface area contributed by atoms with Crippen molar-refractivity contribution in [2.75, 3.05) is 5.32 Å². The third kappa shape index (κ3) is 4.47. The van der Waals surface area contributed by atoms with Gasteiger partial charge in [0.05, 0.1) is 0 Å². The van der Waals surface area contributed by atoms with Gasteiger partial charge in [-0.05, 0) is 36.1 Å². The van der Waals surface area contributed by atoms with Gasteiger partial charge >= 0.3 is 0 Å². The van der Waals surface area contributed by atoms with E-state index in [1.807, 2.05) is 32.0 Å². The summed E-state index contributed by atoms with van der Waals surface area (Å²) in [7, 11) is 0. The van der Waals surface area contributed by atoms with Gasteiger partial charge in [-0.1, -0.05) is 33.8 Å². The standard InChI is InChI=1S/C12H17NO.C2H6/c1-8(2)12-7-11(13-10(4)14)6-5-9(12)3;1-2/h5-8H,1-4H3,(H,13,14);1-2H3. The highest BCUT2D eigenvalue weighted by Crippen LogP contribution is 2.22. The van der Waals surface area contributed by atoms with Crippen LogP contribution in [-0.4, -0.2) is 5.91 Å². The van der Waals surface area contributed by atoms with Gasteiger partial charge in [0.1, 0.15) is 0 Å². The maximum Gasteiger partial charge on any atom is 0.221 e. The van der Waals surface area contributed by atoms with Gasteiger partial charge in [0.25, 0.3) is 0 Å². The summed E-state index contributed by atoms with van der Waals surface area (Å²) in [6.45, 7) is 11.9. The second-order valence-electron chi connectivity index (χ2n) is 3.91. The maximum absolute atomic E-state index is 10.9. The summed E-state index contributed by atoms with van der Waals surface area (Å²) in [6, 6.07) is 6.02. The van der Waals surface area contributed by atoms with Crippen LogP contribution in [0.1, 0.15) is 51.7 Å². The number of hydrogen-bond donors (Lipinski definition) is 1. The van der Waals surface area contributed by atoms with Crippen LogP contribution in [-0.2, 0) is 4.79 Å². The van der Waals surface area contributed by atoms with E-state index in [0.29, 0.717) is 5.92 Å². The zero-order chi connectivity index (χ0) is 12.7. The number of carbonyl (C=O) groups excluding carboxylic acids is 1. The highest BCUT2D eigenvalue weighted by atomic mass is 16.1. The van der Waals surface area contributed by atoms with E-state index >= 15 is 0 Å². The van der Waals surface area contributed by atoms with Crippen molar-refractivity contribution in [3.63, 3.8) is 0 Å². The highest BCUT2D eigenvalue weighted by Gasteiger charge is 2.04. The molecule has 1 aromatic rings. The van der Waals surface area contributed by atoms with Crippen molar-refractivity contribution >= 4 is 11.6 Å².